The molecule has 5 heteroatoms. The molecule has 0 N–H and O–H groups in total. The quantitative estimate of drug-likeness (QED) is 0.158. The Hall–Kier alpha value is -8.02. The molecule has 0 spiro atoms. The second-order valence-electron chi connectivity index (χ2n) is 15.2. The number of hydrogen-bond acceptors (Lipinski definition) is 5. The van der Waals surface area contributed by atoms with E-state index in [1.807, 2.05) is 24.3 Å². The van der Waals surface area contributed by atoms with Crippen molar-refractivity contribution in [3.05, 3.63) is 194 Å². The lowest BCUT2D eigenvalue weighted by Crippen LogP contribution is -2.12. The minimum atomic E-state index is 0.820. The predicted molar refractivity (Wildman–Crippen MR) is 243 cm³/mol. The lowest BCUT2D eigenvalue weighted by Gasteiger charge is -2.30. The maximum absolute atomic E-state index is 7.05. The molecular formula is C54H32N2O3. The Morgan fingerprint density at radius 1 is 0.305 bits per heavy atom. The summed E-state index contributed by atoms with van der Waals surface area (Å²) in [5.41, 5.74) is 9.44. The monoisotopic (exact) mass is 756 g/mol. The number of benzene rings is 10. The first-order valence-electron chi connectivity index (χ1n) is 19.9. The summed E-state index contributed by atoms with van der Waals surface area (Å²) in [6.45, 7) is 0. The first-order valence-corrected chi connectivity index (χ1v) is 19.9. The van der Waals surface area contributed by atoms with Gasteiger partial charge < -0.3 is 23.4 Å². The highest BCUT2D eigenvalue weighted by atomic mass is 16.5. The SMILES string of the molecule is c1ccc(N(c2cc3c4c(ccc5cc(N(c6ccccc6)c6cccc7c6oc6ccccc67)c6cccc(c6c54)O3)c2)c2cccc3c2oc2ccccc23)cc1. The number of hydrogen-bond donors (Lipinski definition) is 0. The summed E-state index contributed by atoms with van der Waals surface area (Å²) in [6.07, 6.45) is 0. The van der Waals surface area contributed by atoms with E-state index in [0.717, 1.165) is 116 Å². The van der Waals surface area contributed by atoms with Crippen molar-refractivity contribution < 1.29 is 13.6 Å². The first kappa shape index (κ1) is 32.1. The van der Waals surface area contributed by atoms with E-state index < -0.39 is 0 Å². The van der Waals surface area contributed by atoms with Crippen LogP contribution in [0.4, 0.5) is 34.1 Å². The molecule has 0 saturated carbocycles. The Balaban J connectivity index is 1.05. The number of para-hydroxylation sites is 6. The lowest BCUT2D eigenvalue weighted by molar-refractivity contribution is 0.493. The van der Waals surface area contributed by atoms with E-state index in [1.54, 1.807) is 0 Å². The van der Waals surface area contributed by atoms with Crippen molar-refractivity contribution >= 4 is 110 Å². The molecule has 0 aliphatic carbocycles. The third-order valence-electron chi connectivity index (χ3n) is 11.9. The van der Waals surface area contributed by atoms with Crippen LogP contribution in [-0.2, 0) is 0 Å². The topological polar surface area (TPSA) is 42.0 Å². The smallest absolute Gasteiger partial charge is 0.159 e. The van der Waals surface area contributed by atoms with Crippen LogP contribution in [0.3, 0.4) is 0 Å². The zero-order valence-electron chi connectivity index (χ0n) is 31.6. The normalized spacial score (nSPS) is 12.2. The molecule has 0 atom stereocenters. The second-order valence-corrected chi connectivity index (χ2v) is 15.2. The van der Waals surface area contributed by atoms with Crippen LogP contribution in [0.1, 0.15) is 0 Å². The van der Waals surface area contributed by atoms with Gasteiger partial charge in [-0.3, -0.25) is 0 Å². The molecule has 0 radical (unpaired) electrons. The maximum atomic E-state index is 7.05. The molecule has 3 heterocycles. The van der Waals surface area contributed by atoms with Crippen LogP contribution in [0.15, 0.2) is 203 Å². The van der Waals surface area contributed by atoms with E-state index in [4.69, 9.17) is 13.6 Å². The van der Waals surface area contributed by atoms with Gasteiger partial charge in [0.15, 0.2) is 11.2 Å². The van der Waals surface area contributed by atoms with Gasteiger partial charge in [-0.25, -0.2) is 0 Å². The van der Waals surface area contributed by atoms with E-state index in [0.29, 0.717) is 0 Å². The molecule has 0 fully saturated rings. The van der Waals surface area contributed by atoms with Gasteiger partial charge in [0.1, 0.15) is 22.7 Å². The highest BCUT2D eigenvalue weighted by molar-refractivity contribution is 6.28. The summed E-state index contributed by atoms with van der Waals surface area (Å²) in [4.78, 5) is 4.62. The first-order chi connectivity index (χ1) is 29.3. The van der Waals surface area contributed by atoms with Crippen LogP contribution in [0.25, 0.3) is 76.2 Å². The van der Waals surface area contributed by atoms with Crippen LogP contribution < -0.4 is 14.5 Å². The van der Waals surface area contributed by atoms with Gasteiger partial charge in [0.25, 0.3) is 0 Å². The molecule has 0 unspecified atom stereocenters. The zero-order chi connectivity index (χ0) is 38.6. The van der Waals surface area contributed by atoms with Gasteiger partial charge in [-0.05, 0) is 77.5 Å². The maximum Gasteiger partial charge on any atom is 0.159 e. The van der Waals surface area contributed by atoms with Crippen molar-refractivity contribution in [2.24, 2.45) is 0 Å². The average molecular weight is 757 g/mol. The number of rotatable bonds is 6. The van der Waals surface area contributed by atoms with Gasteiger partial charge in [-0.2, -0.15) is 0 Å². The Morgan fingerprint density at radius 2 is 0.831 bits per heavy atom. The van der Waals surface area contributed by atoms with Crippen molar-refractivity contribution in [1.29, 1.82) is 0 Å². The van der Waals surface area contributed by atoms with E-state index in [2.05, 4.69) is 180 Å². The van der Waals surface area contributed by atoms with Gasteiger partial charge in [0.05, 0.1) is 22.7 Å². The van der Waals surface area contributed by atoms with Crippen molar-refractivity contribution in [3.8, 4) is 11.5 Å². The van der Waals surface area contributed by atoms with Crippen molar-refractivity contribution in [2.75, 3.05) is 9.80 Å². The minimum Gasteiger partial charge on any atom is -0.456 e. The fraction of sp³-hybridized carbons (Fsp3) is 0. The molecule has 1 aliphatic heterocycles. The third-order valence-corrected chi connectivity index (χ3v) is 11.9. The van der Waals surface area contributed by atoms with E-state index in [1.165, 1.54) is 5.39 Å². The molecule has 12 aromatic rings. The third kappa shape index (κ3) is 4.67. The molecule has 2 aromatic heterocycles. The Bertz CT molecular complexity index is 3660. The van der Waals surface area contributed by atoms with Crippen molar-refractivity contribution in [2.45, 2.75) is 0 Å². The standard InChI is InChI=1S/C54H32N2O3/c1-3-14-35(15-4-1)55(43-23-11-20-40-38-18-7-9-25-46(38)58-53(40)43)37-30-33-28-29-34-31-45(42-22-13-27-48-52(42)51(34)50(33)49(32-37)57-48)56(36-16-5-2-6-17-36)44-24-12-21-41-39-19-8-10-26-47(39)59-54(41)44/h1-32H. The number of fused-ring (bicyclic) bond motifs is 6. The van der Waals surface area contributed by atoms with Crippen LogP contribution in [0, 0.1) is 0 Å². The largest absolute Gasteiger partial charge is 0.456 e. The summed E-state index contributed by atoms with van der Waals surface area (Å²) in [7, 11) is 0. The number of anilines is 6. The minimum absolute atomic E-state index is 0.820. The summed E-state index contributed by atoms with van der Waals surface area (Å²) in [5.74, 6) is 1.65. The van der Waals surface area contributed by atoms with Gasteiger partial charge in [0, 0.05) is 60.5 Å². The summed E-state index contributed by atoms with van der Waals surface area (Å²) >= 11 is 0. The fourth-order valence-electron chi connectivity index (χ4n) is 9.45. The molecule has 1 aliphatic rings. The van der Waals surface area contributed by atoms with Gasteiger partial charge >= 0.3 is 0 Å². The molecule has 13 rings (SSSR count). The van der Waals surface area contributed by atoms with Gasteiger partial charge in [0.2, 0.25) is 0 Å². The van der Waals surface area contributed by atoms with Crippen molar-refractivity contribution in [3.63, 3.8) is 0 Å². The van der Waals surface area contributed by atoms with Crippen molar-refractivity contribution in [1.82, 2.24) is 0 Å². The molecule has 0 amide bonds. The van der Waals surface area contributed by atoms with Crippen LogP contribution >= 0.6 is 0 Å². The van der Waals surface area contributed by atoms with E-state index in [-0.39, 0.29) is 0 Å². The number of ether oxygens (including phenoxy) is 1. The van der Waals surface area contributed by atoms with Crippen LogP contribution in [0.2, 0.25) is 0 Å². The lowest BCUT2D eigenvalue weighted by atomic mass is 9.91. The summed E-state index contributed by atoms with van der Waals surface area (Å²) < 4.78 is 20.3. The molecule has 5 nitrogen and oxygen atoms in total. The fourth-order valence-corrected chi connectivity index (χ4v) is 9.45. The van der Waals surface area contributed by atoms with Gasteiger partial charge in [-0.15, -0.1) is 0 Å². The summed E-state index contributed by atoms with van der Waals surface area (Å²) in [6, 6.07) is 68.1. The zero-order valence-corrected chi connectivity index (χ0v) is 31.6. The van der Waals surface area contributed by atoms with Gasteiger partial charge in [-0.1, -0.05) is 121 Å². The highest BCUT2D eigenvalue weighted by Gasteiger charge is 2.28. The number of nitrogens with zero attached hydrogens (tertiary/aromatic N) is 2. The predicted octanol–water partition coefficient (Wildman–Crippen LogP) is 16.0. The van der Waals surface area contributed by atoms with E-state index >= 15 is 0 Å². The summed E-state index contributed by atoms with van der Waals surface area (Å²) in [5, 5.41) is 11.1. The molecule has 0 saturated heterocycles. The molecule has 10 aromatic carbocycles. The Kier molecular flexibility index (Phi) is 6.66. The van der Waals surface area contributed by atoms with Crippen LogP contribution in [-0.4, -0.2) is 0 Å². The van der Waals surface area contributed by atoms with E-state index in [9.17, 15) is 0 Å². The second kappa shape index (κ2) is 12.2. The molecule has 0 bridgehead atoms. The molecule has 59 heavy (non-hydrogen) atoms. The molecular weight excluding hydrogens is 725 g/mol. The highest BCUT2D eigenvalue weighted by Crippen LogP contribution is 2.54. The molecule has 276 valence electrons. The van der Waals surface area contributed by atoms with Crippen LogP contribution in [0.5, 0.6) is 11.5 Å². The Morgan fingerprint density at radius 3 is 1.49 bits per heavy atom. The number of furan rings is 2. The average Bonchev–Trinajstić information content (AvgIpc) is 3.87. The Labute approximate surface area is 338 Å².